The van der Waals surface area contributed by atoms with Crippen LogP contribution in [0.2, 0.25) is 0 Å². The summed E-state index contributed by atoms with van der Waals surface area (Å²) in [6.45, 7) is 0.667. The molecule has 0 aliphatic heterocycles. The van der Waals surface area contributed by atoms with Gasteiger partial charge >= 0.3 is 0 Å². The number of hydrogen-bond acceptors (Lipinski definition) is 5. The fourth-order valence-corrected chi connectivity index (χ4v) is 3.51. The predicted octanol–water partition coefficient (Wildman–Crippen LogP) is 1.17. The third-order valence-electron chi connectivity index (χ3n) is 4.05. The van der Waals surface area contributed by atoms with E-state index in [1.54, 1.807) is 6.07 Å². The van der Waals surface area contributed by atoms with Crippen molar-refractivity contribution in [2.75, 3.05) is 20.7 Å². The van der Waals surface area contributed by atoms with Gasteiger partial charge in [-0.2, -0.15) is 0 Å². The lowest BCUT2D eigenvalue weighted by molar-refractivity contribution is 0.150. The van der Waals surface area contributed by atoms with Gasteiger partial charge in [-0.1, -0.05) is 12.8 Å². The number of rotatable bonds is 6. The van der Waals surface area contributed by atoms with Crippen LogP contribution in [0.1, 0.15) is 31.4 Å². The maximum Gasteiger partial charge on any atom is 0.275 e. The molecule has 1 aliphatic rings. The number of aliphatic hydroxyl groups excluding tert-OH is 1. The van der Waals surface area contributed by atoms with Gasteiger partial charge in [-0.05, 0) is 30.9 Å². The summed E-state index contributed by atoms with van der Waals surface area (Å²) < 4.78 is 30.4. The summed E-state index contributed by atoms with van der Waals surface area (Å²) in [6.07, 6.45) is 4.39. The van der Waals surface area contributed by atoms with Crippen LogP contribution in [0.25, 0.3) is 0 Å². The summed E-state index contributed by atoms with van der Waals surface area (Å²) in [6, 6.07) is 3.43. The van der Waals surface area contributed by atoms with E-state index in [1.807, 2.05) is 0 Å². The van der Waals surface area contributed by atoms with E-state index in [2.05, 4.69) is 5.32 Å². The molecular weight excluding hydrogens is 292 g/mol. The molecule has 0 spiro atoms. The van der Waals surface area contributed by atoms with Crippen molar-refractivity contribution in [3.63, 3.8) is 0 Å². The van der Waals surface area contributed by atoms with Gasteiger partial charge in [0.25, 0.3) is 10.0 Å². The van der Waals surface area contributed by atoms with Crippen molar-refractivity contribution < 1.29 is 17.9 Å². The van der Waals surface area contributed by atoms with Gasteiger partial charge < -0.3 is 14.8 Å². The van der Waals surface area contributed by atoms with Crippen molar-refractivity contribution in [3.8, 4) is 0 Å². The topological polar surface area (TPSA) is 82.8 Å². The largest absolute Gasteiger partial charge is 0.447 e. The molecule has 0 amide bonds. The summed E-state index contributed by atoms with van der Waals surface area (Å²) >= 11 is 0. The van der Waals surface area contributed by atoms with Crippen LogP contribution < -0.4 is 5.32 Å². The van der Waals surface area contributed by atoms with E-state index in [1.165, 1.54) is 20.2 Å². The molecule has 0 saturated heterocycles. The Morgan fingerprint density at radius 3 is 2.71 bits per heavy atom. The van der Waals surface area contributed by atoms with Crippen molar-refractivity contribution in [2.45, 2.75) is 43.4 Å². The van der Waals surface area contributed by atoms with E-state index in [4.69, 9.17) is 4.42 Å². The van der Waals surface area contributed by atoms with Crippen LogP contribution in [-0.4, -0.2) is 44.6 Å². The van der Waals surface area contributed by atoms with E-state index in [0.717, 1.165) is 30.0 Å². The number of hydrogen-bond donors (Lipinski definition) is 2. The van der Waals surface area contributed by atoms with Gasteiger partial charge in [-0.15, -0.1) is 0 Å². The smallest absolute Gasteiger partial charge is 0.275 e. The molecule has 2 atom stereocenters. The van der Waals surface area contributed by atoms with Crippen molar-refractivity contribution in [2.24, 2.45) is 5.92 Å². The highest BCUT2D eigenvalue weighted by Crippen LogP contribution is 2.24. The van der Waals surface area contributed by atoms with Gasteiger partial charge in [0, 0.05) is 26.7 Å². The Labute approximate surface area is 126 Å². The molecule has 0 aromatic carbocycles. The second kappa shape index (κ2) is 6.91. The average Bonchev–Trinajstić information content (AvgIpc) is 2.94. The fourth-order valence-electron chi connectivity index (χ4n) is 2.70. The van der Waals surface area contributed by atoms with E-state index < -0.39 is 10.0 Å². The molecule has 1 saturated carbocycles. The number of aliphatic hydroxyl groups is 1. The molecule has 1 aromatic rings. The second-order valence-corrected chi connectivity index (χ2v) is 7.81. The predicted molar refractivity (Wildman–Crippen MR) is 79.3 cm³/mol. The van der Waals surface area contributed by atoms with Crippen molar-refractivity contribution >= 4 is 10.0 Å². The molecule has 2 N–H and O–H groups in total. The van der Waals surface area contributed by atoms with Gasteiger partial charge in [0.15, 0.2) is 0 Å². The van der Waals surface area contributed by atoms with Crippen molar-refractivity contribution in [3.05, 3.63) is 17.9 Å². The molecule has 2 rings (SSSR count). The summed E-state index contributed by atoms with van der Waals surface area (Å²) in [7, 11) is -0.564. The number of furan rings is 1. The maximum absolute atomic E-state index is 11.9. The van der Waals surface area contributed by atoms with Gasteiger partial charge in [-0.25, -0.2) is 12.7 Å². The van der Waals surface area contributed by atoms with Crippen LogP contribution in [0.4, 0.5) is 0 Å². The fraction of sp³-hybridized carbons (Fsp3) is 0.714. The lowest BCUT2D eigenvalue weighted by Crippen LogP contribution is -2.39. The first-order valence-corrected chi connectivity index (χ1v) is 8.74. The third-order valence-corrected chi connectivity index (χ3v) is 5.74. The van der Waals surface area contributed by atoms with Crippen LogP contribution >= 0.6 is 0 Å². The highest BCUT2D eigenvalue weighted by atomic mass is 32.2. The molecule has 0 radical (unpaired) electrons. The Bertz CT molecular complexity index is 553. The Morgan fingerprint density at radius 1 is 1.33 bits per heavy atom. The number of nitrogens with zero attached hydrogens (tertiary/aromatic N) is 1. The highest BCUT2D eigenvalue weighted by Gasteiger charge is 2.25. The highest BCUT2D eigenvalue weighted by molar-refractivity contribution is 7.88. The lowest BCUT2D eigenvalue weighted by Gasteiger charge is -2.30. The Hall–Kier alpha value is -0.890. The summed E-state index contributed by atoms with van der Waals surface area (Å²) in [5, 5.41) is 12.7. The molecule has 7 heteroatoms. The standard InChI is InChI=1S/C14H24N2O4S/c1-16(2)21(18,19)14-8-7-12(20-14)9-15-13-6-4-3-5-11(13)10-17/h7-8,11,13,15,17H,3-6,9-10H2,1-2H3. The first-order chi connectivity index (χ1) is 9.95. The average molecular weight is 316 g/mol. The zero-order valence-electron chi connectivity index (χ0n) is 12.6. The Balaban J connectivity index is 1.97. The van der Waals surface area contributed by atoms with Crippen LogP contribution in [0, 0.1) is 5.92 Å². The molecule has 21 heavy (non-hydrogen) atoms. The summed E-state index contributed by atoms with van der Waals surface area (Å²) in [4.78, 5) is 0. The molecule has 2 unspecified atom stereocenters. The van der Waals surface area contributed by atoms with E-state index in [9.17, 15) is 13.5 Å². The lowest BCUT2D eigenvalue weighted by atomic mass is 9.85. The van der Waals surface area contributed by atoms with Gasteiger partial charge in [0.2, 0.25) is 5.09 Å². The number of nitrogens with one attached hydrogen (secondary N) is 1. The molecule has 6 nitrogen and oxygen atoms in total. The minimum Gasteiger partial charge on any atom is -0.447 e. The van der Waals surface area contributed by atoms with E-state index >= 15 is 0 Å². The van der Waals surface area contributed by atoms with E-state index in [-0.39, 0.29) is 23.7 Å². The quantitative estimate of drug-likeness (QED) is 0.823. The van der Waals surface area contributed by atoms with Gasteiger partial charge in [-0.3, -0.25) is 0 Å². The molecule has 120 valence electrons. The first kappa shape index (κ1) is 16.5. The summed E-state index contributed by atoms with van der Waals surface area (Å²) in [5.74, 6) is 0.872. The van der Waals surface area contributed by atoms with Crippen molar-refractivity contribution in [1.82, 2.24) is 9.62 Å². The maximum atomic E-state index is 11.9. The van der Waals surface area contributed by atoms with Crippen molar-refractivity contribution in [1.29, 1.82) is 0 Å². The molecule has 1 heterocycles. The third kappa shape index (κ3) is 3.85. The summed E-state index contributed by atoms with van der Waals surface area (Å²) in [5.41, 5.74) is 0. The van der Waals surface area contributed by atoms with E-state index in [0.29, 0.717) is 12.3 Å². The van der Waals surface area contributed by atoms with Crippen LogP contribution in [0.5, 0.6) is 0 Å². The molecule has 1 fully saturated rings. The Kier molecular flexibility index (Phi) is 5.43. The zero-order valence-corrected chi connectivity index (χ0v) is 13.4. The van der Waals surface area contributed by atoms with Crippen LogP contribution in [0.15, 0.2) is 21.6 Å². The normalized spacial score (nSPS) is 23.6. The SMILES string of the molecule is CN(C)S(=O)(=O)c1ccc(CNC2CCCCC2CO)o1. The van der Waals surface area contributed by atoms with Crippen LogP contribution in [-0.2, 0) is 16.6 Å². The first-order valence-electron chi connectivity index (χ1n) is 7.30. The zero-order chi connectivity index (χ0) is 15.5. The molecule has 1 aromatic heterocycles. The van der Waals surface area contributed by atoms with Crippen LogP contribution in [0.3, 0.4) is 0 Å². The minimum atomic E-state index is -3.52. The molecule has 1 aliphatic carbocycles. The van der Waals surface area contributed by atoms with Gasteiger partial charge in [0.1, 0.15) is 5.76 Å². The second-order valence-electron chi connectivity index (χ2n) is 5.72. The molecular formula is C14H24N2O4S. The molecule has 0 bridgehead atoms. The number of sulfonamides is 1. The monoisotopic (exact) mass is 316 g/mol. The van der Waals surface area contributed by atoms with Gasteiger partial charge in [0.05, 0.1) is 6.54 Å². The Morgan fingerprint density at radius 2 is 2.05 bits per heavy atom. The minimum absolute atomic E-state index is 0.0355.